The smallest absolute Gasteiger partial charge is 0.317 e. The second kappa shape index (κ2) is 2.97. The van der Waals surface area contributed by atoms with Gasteiger partial charge < -0.3 is 9.32 Å². The number of hydrogen-bond donors (Lipinski definition) is 0. The van der Waals surface area contributed by atoms with Crippen LogP contribution in [-0.4, -0.2) is 46.8 Å². The third-order valence-corrected chi connectivity index (χ3v) is 4.58. The maximum Gasteiger partial charge on any atom is 0.317 e. The fraction of sp³-hybridized carbons (Fsp3) is 0.818. The van der Waals surface area contributed by atoms with Gasteiger partial charge in [-0.05, 0) is 31.7 Å². The van der Waals surface area contributed by atoms with Gasteiger partial charge in [-0.3, -0.25) is 4.90 Å². The predicted molar refractivity (Wildman–Crippen MR) is 58.2 cm³/mol. The Bertz CT molecular complexity index is 393. The molecular weight excluding hydrogens is 204 g/mol. The average molecular weight is 220 g/mol. The maximum absolute atomic E-state index is 5.29. The molecule has 2 bridgehead atoms. The van der Waals surface area contributed by atoms with Crippen LogP contribution in [0.2, 0.25) is 0 Å². The number of hydrogen-bond acceptors (Lipinski definition) is 5. The van der Waals surface area contributed by atoms with E-state index in [1.165, 1.54) is 38.7 Å². The minimum Gasteiger partial charge on any atom is -0.411 e. The van der Waals surface area contributed by atoms with Gasteiger partial charge in [0, 0.05) is 25.2 Å². The van der Waals surface area contributed by atoms with E-state index in [0.29, 0.717) is 11.6 Å². The first-order valence-electron chi connectivity index (χ1n) is 6.12. The Kier molecular flexibility index (Phi) is 1.67. The van der Waals surface area contributed by atoms with E-state index in [1.54, 1.807) is 0 Å². The second-order valence-electron chi connectivity index (χ2n) is 5.42. The van der Waals surface area contributed by atoms with E-state index >= 15 is 0 Å². The first-order valence-corrected chi connectivity index (χ1v) is 6.12. The number of aromatic nitrogens is 2. The largest absolute Gasteiger partial charge is 0.411 e. The fourth-order valence-corrected chi connectivity index (χ4v) is 3.85. The Morgan fingerprint density at radius 1 is 1.44 bits per heavy atom. The Morgan fingerprint density at radius 3 is 3.12 bits per heavy atom. The highest BCUT2D eigenvalue weighted by Crippen LogP contribution is 2.46. The van der Waals surface area contributed by atoms with Crippen LogP contribution < -0.4 is 4.90 Å². The second-order valence-corrected chi connectivity index (χ2v) is 5.42. The molecule has 3 aliphatic heterocycles. The van der Waals surface area contributed by atoms with Crippen LogP contribution in [0, 0.1) is 5.92 Å². The number of rotatable bonds is 1. The number of piperidine rings is 1. The number of nitrogens with zero attached hydrogens (tertiary/aromatic N) is 4. The minimum absolute atomic E-state index is 0.428. The van der Waals surface area contributed by atoms with Gasteiger partial charge in [0.1, 0.15) is 0 Å². The Labute approximate surface area is 94.4 Å². The van der Waals surface area contributed by atoms with E-state index in [9.17, 15) is 0 Å². The van der Waals surface area contributed by atoms with Crippen molar-refractivity contribution in [3.8, 4) is 0 Å². The lowest BCUT2D eigenvalue weighted by molar-refractivity contribution is 0.155. The third-order valence-electron chi connectivity index (χ3n) is 4.58. The van der Waals surface area contributed by atoms with Crippen molar-refractivity contribution in [1.82, 2.24) is 15.1 Å². The van der Waals surface area contributed by atoms with E-state index in [-0.39, 0.29) is 0 Å². The van der Waals surface area contributed by atoms with Gasteiger partial charge in [-0.15, -0.1) is 5.10 Å². The van der Waals surface area contributed by atoms with Crippen molar-refractivity contribution in [1.29, 1.82) is 0 Å². The van der Waals surface area contributed by atoms with Crippen LogP contribution in [0.5, 0.6) is 0 Å². The molecule has 3 aliphatic rings. The van der Waals surface area contributed by atoms with E-state index < -0.39 is 0 Å². The molecule has 3 unspecified atom stereocenters. The minimum atomic E-state index is 0.428. The molecule has 3 saturated heterocycles. The number of fused-ring (bicyclic) bond motifs is 3. The maximum atomic E-state index is 5.29. The molecule has 4 heterocycles. The van der Waals surface area contributed by atoms with E-state index in [1.807, 2.05) is 0 Å². The first-order chi connectivity index (χ1) is 7.86. The third kappa shape index (κ3) is 1.09. The molecule has 3 fully saturated rings. The van der Waals surface area contributed by atoms with Gasteiger partial charge >= 0.3 is 6.01 Å². The van der Waals surface area contributed by atoms with Crippen molar-refractivity contribution in [2.45, 2.75) is 24.8 Å². The zero-order valence-electron chi connectivity index (χ0n) is 9.30. The summed E-state index contributed by atoms with van der Waals surface area (Å²) >= 11 is 0. The van der Waals surface area contributed by atoms with E-state index in [2.05, 4.69) is 20.0 Å². The quantitative estimate of drug-likeness (QED) is 0.698. The predicted octanol–water partition coefficient (Wildman–Crippen LogP) is 0.744. The van der Waals surface area contributed by atoms with Crippen LogP contribution in [-0.2, 0) is 0 Å². The molecule has 0 amide bonds. The lowest BCUT2D eigenvalue weighted by Gasteiger charge is -2.36. The molecule has 0 saturated carbocycles. The summed E-state index contributed by atoms with van der Waals surface area (Å²) in [4.78, 5) is 4.93. The summed E-state index contributed by atoms with van der Waals surface area (Å²) in [6.07, 6.45) is 5.45. The molecule has 5 heteroatoms. The SMILES string of the molecule is c1nnc(N2CCC3(CC4CCN3C4)C2)o1. The monoisotopic (exact) mass is 220 g/mol. The average Bonchev–Trinajstić information content (AvgIpc) is 2.99. The van der Waals surface area contributed by atoms with Crippen molar-refractivity contribution < 1.29 is 4.42 Å². The zero-order chi connectivity index (χ0) is 10.6. The van der Waals surface area contributed by atoms with Crippen molar-refractivity contribution in [3.05, 3.63) is 6.39 Å². The Hall–Kier alpha value is -1.10. The van der Waals surface area contributed by atoms with Gasteiger partial charge in [0.05, 0.1) is 0 Å². The first kappa shape index (κ1) is 8.98. The van der Waals surface area contributed by atoms with Crippen LogP contribution in [0.1, 0.15) is 19.3 Å². The van der Waals surface area contributed by atoms with Crippen LogP contribution in [0.15, 0.2) is 10.8 Å². The van der Waals surface area contributed by atoms with E-state index in [0.717, 1.165) is 19.0 Å². The van der Waals surface area contributed by atoms with Crippen molar-refractivity contribution >= 4 is 6.01 Å². The molecular formula is C11H16N4O. The van der Waals surface area contributed by atoms with Gasteiger partial charge in [0.15, 0.2) is 0 Å². The Balaban J connectivity index is 1.57. The summed E-state index contributed by atoms with van der Waals surface area (Å²) in [5, 5.41) is 7.76. The summed E-state index contributed by atoms with van der Waals surface area (Å²) in [6.45, 7) is 4.75. The van der Waals surface area contributed by atoms with Crippen LogP contribution in [0.25, 0.3) is 0 Å². The van der Waals surface area contributed by atoms with Crippen molar-refractivity contribution in [3.63, 3.8) is 0 Å². The summed E-state index contributed by atoms with van der Waals surface area (Å²) in [6, 6.07) is 0.695. The molecule has 1 aromatic rings. The van der Waals surface area contributed by atoms with Gasteiger partial charge in [0.2, 0.25) is 6.39 Å². The molecule has 0 radical (unpaired) electrons. The Morgan fingerprint density at radius 2 is 2.44 bits per heavy atom. The lowest BCUT2D eigenvalue weighted by Crippen LogP contribution is -2.46. The van der Waals surface area contributed by atoms with Gasteiger partial charge in [-0.1, -0.05) is 5.10 Å². The highest BCUT2D eigenvalue weighted by atomic mass is 16.4. The number of anilines is 1. The molecule has 86 valence electrons. The fourth-order valence-electron chi connectivity index (χ4n) is 3.85. The summed E-state index contributed by atoms with van der Waals surface area (Å²) < 4.78 is 5.29. The van der Waals surface area contributed by atoms with Crippen molar-refractivity contribution in [2.75, 3.05) is 31.1 Å². The van der Waals surface area contributed by atoms with E-state index in [4.69, 9.17) is 4.42 Å². The molecule has 1 aromatic heterocycles. The molecule has 3 atom stereocenters. The van der Waals surface area contributed by atoms with Crippen LogP contribution in [0.3, 0.4) is 0 Å². The standard InChI is InChI=1S/C11H16N4O/c1-3-15-6-9(1)5-11(15)2-4-14(7-11)10-13-12-8-16-10/h8-9H,1-7H2. The highest BCUT2D eigenvalue weighted by molar-refractivity contribution is 5.30. The molecule has 4 rings (SSSR count). The molecule has 0 aromatic carbocycles. The van der Waals surface area contributed by atoms with Crippen molar-refractivity contribution in [2.24, 2.45) is 5.92 Å². The molecule has 16 heavy (non-hydrogen) atoms. The summed E-state index contributed by atoms with van der Waals surface area (Å²) in [5.41, 5.74) is 0.428. The lowest BCUT2D eigenvalue weighted by atomic mass is 9.87. The molecule has 0 aliphatic carbocycles. The van der Waals surface area contributed by atoms with Gasteiger partial charge in [0.25, 0.3) is 0 Å². The molecule has 0 N–H and O–H groups in total. The van der Waals surface area contributed by atoms with Gasteiger partial charge in [-0.25, -0.2) is 0 Å². The summed E-state index contributed by atoms with van der Waals surface area (Å²) in [7, 11) is 0. The molecule has 5 nitrogen and oxygen atoms in total. The summed E-state index contributed by atoms with van der Waals surface area (Å²) in [5.74, 6) is 0.947. The topological polar surface area (TPSA) is 45.4 Å². The van der Waals surface area contributed by atoms with Gasteiger partial charge in [-0.2, -0.15) is 0 Å². The zero-order valence-corrected chi connectivity index (χ0v) is 9.30. The highest BCUT2D eigenvalue weighted by Gasteiger charge is 2.52. The van der Waals surface area contributed by atoms with Crippen LogP contribution >= 0.6 is 0 Å². The normalized spacial score (nSPS) is 41.4. The van der Waals surface area contributed by atoms with Crippen LogP contribution in [0.4, 0.5) is 6.01 Å². The molecule has 1 spiro atoms.